The Labute approximate surface area is 161 Å². The fraction of sp³-hybridized carbons (Fsp3) is 0.455. The Hall–Kier alpha value is -2.56. The van der Waals surface area contributed by atoms with Crippen molar-refractivity contribution in [1.82, 2.24) is 10.3 Å². The quantitative estimate of drug-likeness (QED) is 0.727. The molecule has 1 aromatic heterocycles. The Kier molecular flexibility index (Phi) is 6.32. The van der Waals surface area contributed by atoms with Gasteiger partial charge in [-0.15, -0.1) is 0 Å². The second-order valence-corrected chi connectivity index (χ2v) is 7.37. The molecular weight excluding hydrogens is 338 g/mol. The van der Waals surface area contributed by atoms with E-state index in [4.69, 9.17) is 4.74 Å². The average molecular weight is 367 g/mol. The van der Waals surface area contributed by atoms with E-state index in [1.165, 1.54) is 12.8 Å². The zero-order valence-electron chi connectivity index (χ0n) is 16.4. The molecule has 1 heterocycles. The second kappa shape index (κ2) is 8.89. The van der Waals surface area contributed by atoms with Crippen molar-refractivity contribution in [3.8, 4) is 5.88 Å². The molecule has 0 aliphatic heterocycles. The summed E-state index contributed by atoms with van der Waals surface area (Å²) < 4.78 is 5.63. The third-order valence-electron chi connectivity index (χ3n) is 4.84. The third-order valence-corrected chi connectivity index (χ3v) is 4.84. The van der Waals surface area contributed by atoms with Gasteiger partial charge in [-0.1, -0.05) is 6.07 Å². The Morgan fingerprint density at radius 1 is 1.22 bits per heavy atom. The maximum Gasteiger partial charge on any atom is 0.251 e. The number of benzene rings is 1. The highest BCUT2D eigenvalue weighted by molar-refractivity contribution is 5.94. The van der Waals surface area contributed by atoms with Gasteiger partial charge in [-0.3, -0.25) is 4.79 Å². The molecule has 27 heavy (non-hydrogen) atoms. The minimum Gasteiger partial charge on any atom is -0.477 e. The van der Waals surface area contributed by atoms with Crippen LogP contribution in [-0.2, 0) is 6.54 Å². The van der Waals surface area contributed by atoms with Gasteiger partial charge < -0.3 is 15.0 Å². The van der Waals surface area contributed by atoms with Crippen molar-refractivity contribution in [2.75, 3.05) is 18.1 Å². The Bertz CT molecular complexity index is 737. The normalized spacial score (nSPS) is 13.5. The van der Waals surface area contributed by atoms with Gasteiger partial charge in [0.15, 0.2) is 0 Å². The van der Waals surface area contributed by atoms with Crippen LogP contribution in [0.2, 0.25) is 0 Å². The molecule has 0 atom stereocenters. The van der Waals surface area contributed by atoms with Gasteiger partial charge in [-0.05, 0) is 69.4 Å². The summed E-state index contributed by atoms with van der Waals surface area (Å²) in [5.74, 6) is 1.28. The van der Waals surface area contributed by atoms with Gasteiger partial charge in [0.05, 0.1) is 6.61 Å². The summed E-state index contributed by atoms with van der Waals surface area (Å²) in [4.78, 5) is 19.0. The summed E-state index contributed by atoms with van der Waals surface area (Å²) in [7, 11) is 0. The van der Waals surface area contributed by atoms with Crippen molar-refractivity contribution in [1.29, 1.82) is 0 Å². The van der Waals surface area contributed by atoms with Gasteiger partial charge in [0.1, 0.15) is 0 Å². The van der Waals surface area contributed by atoms with E-state index in [-0.39, 0.29) is 5.91 Å². The Morgan fingerprint density at radius 3 is 2.52 bits per heavy atom. The number of hydrogen-bond acceptors (Lipinski definition) is 4. The van der Waals surface area contributed by atoms with Crippen molar-refractivity contribution in [3.63, 3.8) is 0 Å². The zero-order valence-corrected chi connectivity index (χ0v) is 16.4. The first-order chi connectivity index (χ1) is 13.1. The van der Waals surface area contributed by atoms with E-state index < -0.39 is 0 Å². The van der Waals surface area contributed by atoms with Crippen LogP contribution >= 0.6 is 0 Å². The molecule has 0 unspecified atom stereocenters. The summed E-state index contributed by atoms with van der Waals surface area (Å²) in [5.41, 5.74) is 2.75. The standard InChI is InChI=1S/C22H29N3O2/c1-4-25(16(2)3)20-10-8-19(9-11-20)22(26)24-14-18-7-12-21(23-13-18)27-15-17-5-6-17/h7-13,16-17H,4-6,14-15H2,1-3H3,(H,24,26). The number of nitrogens with one attached hydrogen (secondary N) is 1. The number of nitrogens with zero attached hydrogens (tertiary/aromatic N) is 2. The van der Waals surface area contributed by atoms with Gasteiger partial charge in [0.25, 0.3) is 5.91 Å². The largest absolute Gasteiger partial charge is 0.477 e. The minimum absolute atomic E-state index is 0.0804. The fourth-order valence-electron chi connectivity index (χ4n) is 3.02. The molecule has 0 spiro atoms. The number of aromatic nitrogens is 1. The van der Waals surface area contributed by atoms with Crippen LogP contribution in [0.25, 0.3) is 0 Å². The molecule has 3 rings (SSSR count). The van der Waals surface area contributed by atoms with E-state index in [0.717, 1.165) is 24.4 Å². The van der Waals surface area contributed by atoms with E-state index in [1.54, 1.807) is 6.20 Å². The van der Waals surface area contributed by atoms with Crippen LogP contribution in [0.4, 0.5) is 5.69 Å². The van der Waals surface area contributed by atoms with E-state index in [1.807, 2.05) is 36.4 Å². The molecule has 1 aliphatic carbocycles. The molecule has 5 heteroatoms. The molecule has 5 nitrogen and oxygen atoms in total. The number of ether oxygens (including phenoxy) is 1. The lowest BCUT2D eigenvalue weighted by atomic mass is 10.1. The summed E-state index contributed by atoms with van der Waals surface area (Å²) in [5, 5.41) is 2.95. The molecule has 2 aromatic rings. The number of carbonyl (C=O) groups is 1. The van der Waals surface area contributed by atoms with Crippen molar-refractivity contribution in [2.45, 2.75) is 46.2 Å². The highest BCUT2D eigenvalue weighted by Crippen LogP contribution is 2.29. The van der Waals surface area contributed by atoms with Crippen LogP contribution in [0.3, 0.4) is 0 Å². The van der Waals surface area contributed by atoms with Crippen molar-refractivity contribution in [3.05, 3.63) is 53.7 Å². The van der Waals surface area contributed by atoms with Crippen LogP contribution in [0.1, 0.15) is 49.5 Å². The van der Waals surface area contributed by atoms with E-state index in [2.05, 4.69) is 36.0 Å². The second-order valence-electron chi connectivity index (χ2n) is 7.37. The minimum atomic E-state index is -0.0804. The molecule has 1 N–H and O–H groups in total. The number of hydrogen-bond donors (Lipinski definition) is 1. The number of rotatable bonds is 9. The number of amides is 1. The fourth-order valence-corrected chi connectivity index (χ4v) is 3.02. The summed E-state index contributed by atoms with van der Waals surface area (Å²) in [6.07, 6.45) is 4.28. The van der Waals surface area contributed by atoms with Gasteiger partial charge in [0.2, 0.25) is 5.88 Å². The molecule has 1 aliphatic rings. The van der Waals surface area contributed by atoms with Gasteiger partial charge >= 0.3 is 0 Å². The molecule has 1 saturated carbocycles. The lowest BCUT2D eigenvalue weighted by Crippen LogP contribution is -2.30. The maximum atomic E-state index is 12.4. The van der Waals surface area contributed by atoms with Crippen molar-refractivity contribution < 1.29 is 9.53 Å². The third kappa shape index (κ3) is 5.46. The molecular formula is C22H29N3O2. The first-order valence-electron chi connectivity index (χ1n) is 9.79. The van der Waals surface area contributed by atoms with Crippen LogP contribution in [0.15, 0.2) is 42.6 Å². The SMILES string of the molecule is CCN(c1ccc(C(=O)NCc2ccc(OCC3CC3)nc2)cc1)C(C)C. The molecule has 144 valence electrons. The first kappa shape index (κ1) is 19.2. The van der Waals surface area contributed by atoms with E-state index >= 15 is 0 Å². The Morgan fingerprint density at radius 2 is 1.96 bits per heavy atom. The summed E-state index contributed by atoms with van der Waals surface area (Å²) in [6.45, 7) is 8.61. The van der Waals surface area contributed by atoms with Crippen molar-refractivity contribution in [2.24, 2.45) is 5.92 Å². The van der Waals surface area contributed by atoms with E-state index in [0.29, 0.717) is 29.9 Å². The highest BCUT2D eigenvalue weighted by atomic mass is 16.5. The van der Waals surface area contributed by atoms with Gasteiger partial charge in [0, 0.05) is 42.6 Å². The topological polar surface area (TPSA) is 54.5 Å². The number of carbonyl (C=O) groups excluding carboxylic acids is 1. The van der Waals surface area contributed by atoms with Gasteiger partial charge in [-0.25, -0.2) is 4.98 Å². The molecule has 1 fully saturated rings. The maximum absolute atomic E-state index is 12.4. The van der Waals surface area contributed by atoms with Crippen LogP contribution in [-0.4, -0.2) is 30.1 Å². The zero-order chi connectivity index (χ0) is 19.2. The summed E-state index contributed by atoms with van der Waals surface area (Å²) >= 11 is 0. The molecule has 1 amide bonds. The van der Waals surface area contributed by atoms with Crippen LogP contribution in [0, 0.1) is 5.92 Å². The lowest BCUT2D eigenvalue weighted by Gasteiger charge is -2.27. The van der Waals surface area contributed by atoms with Crippen molar-refractivity contribution >= 4 is 11.6 Å². The number of anilines is 1. The van der Waals surface area contributed by atoms with Gasteiger partial charge in [-0.2, -0.15) is 0 Å². The molecule has 1 aromatic carbocycles. The highest BCUT2D eigenvalue weighted by Gasteiger charge is 2.22. The Balaban J connectivity index is 1.51. The monoisotopic (exact) mass is 367 g/mol. The van der Waals surface area contributed by atoms with E-state index in [9.17, 15) is 4.79 Å². The summed E-state index contributed by atoms with van der Waals surface area (Å²) in [6, 6.07) is 12.0. The lowest BCUT2D eigenvalue weighted by molar-refractivity contribution is 0.0951. The predicted molar refractivity (Wildman–Crippen MR) is 108 cm³/mol. The molecule has 0 radical (unpaired) electrons. The number of pyridine rings is 1. The predicted octanol–water partition coefficient (Wildman–Crippen LogP) is 4.04. The molecule has 0 bridgehead atoms. The van der Waals surface area contributed by atoms with Crippen LogP contribution in [0.5, 0.6) is 5.88 Å². The average Bonchev–Trinajstić information content (AvgIpc) is 3.50. The van der Waals surface area contributed by atoms with Crippen LogP contribution < -0.4 is 15.0 Å². The first-order valence-corrected chi connectivity index (χ1v) is 9.79. The molecule has 0 saturated heterocycles. The smallest absolute Gasteiger partial charge is 0.251 e.